The molecule has 0 saturated heterocycles. The minimum atomic E-state index is -4.45. The summed E-state index contributed by atoms with van der Waals surface area (Å²) in [4.78, 5) is 21.5. The van der Waals surface area contributed by atoms with Gasteiger partial charge in [0.2, 0.25) is 0 Å². The number of nitrogens with zero attached hydrogens (tertiary/aromatic N) is 1. The Morgan fingerprint density at radius 1 is 1.33 bits per heavy atom. The Bertz CT molecular complexity index is 240. The maximum atomic E-state index is 12.0. The SMILES string of the molecule is CC(=O)CCN(CC(=O)O)CC(F)(F)F. The maximum absolute atomic E-state index is 12.0. The van der Waals surface area contributed by atoms with E-state index in [1.165, 1.54) is 6.92 Å². The molecule has 0 aromatic rings. The molecule has 0 saturated carbocycles. The van der Waals surface area contributed by atoms with Crippen LogP contribution in [0.2, 0.25) is 0 Å². The fourth-order valence-electron chi connectivity index (χ4n) is 0.974. The number of alkyl halides is 3. The van der Waals surface area contributed by atoms with Crippen LogP contribution in [0.25, 0.3) is 0 Å². The highest BCUT2D eigenvalue weighted by atomic mass is 19.4. The Morgan fingerprint density at radius 2 is 1.87 bits per heavy atom. The van der Waals surface area contributed by atoms with Gasteiger partial charge in [-0.1, -0.05) is 0 Å². The molecule has 0 heterocycles. The Hall–Kier alpha value is -1.11. The molecule has 0 aliphatic rings. The lowest BCUT2D eigenvalue weighted by Crippen LogP contribution is -2.38. The zero-order valence-electron chi connectivity index (χ0n) is 8.17. The van der Waals surface area contributed by atoms with Gasteiger partial charge < -0.3 is 5.11 Å². The summed E-state index contributed by atoms with van der Waals surface area (Å²) in [6.45, 7) is -0.979. The number of carbonyl (C=O) groups excluding carboxylic acids is 1. The first kappa shape index (κ1) is 13.9. The zero-order chi connectivity index (χ0) is 12.1. The standard InChI is InChI=1S/C8H12F3NO3/c1-6(13)2-3-12(4-7(14)15)5-8(9,10)11/h2-5H2,1H3,(H,14,15). The van der Waals surface area contributed by atoms with Crippen LogP contribution in [0.5, 0.6) is 0 Å². The molecule has 0 amide bonds. The van der Waals surface area contributed by atoms with Gasteiger partial charge in [0.15, 0.2) is 0 Å². The Morgan fingerprint density at radius 3 is 2.20 bits per heavy atom. The highest BCUT2D eigenvalue weighted by Gasteiger charge is 2.31. The van der Waals surface area contributed by atoms with Gasteiger partial charge in [-0.2, -0.15) is 13.2 Å². The molecule has 0 aliphatic heterocycles. The molecule has 7 heteroatoms. The molecule has 0 atom stereocenters. The fraction of sp³-hybridized carbons (Fsp3) is 0.750. The summed E-state index contributed by atoms with van der Waals surface area (Å²) in [7, 11) is 0. The molecular weight excluding hydrogens is 215 g/mol. The summed E-state index contributed by atoms with van der Waals surface area (Å²) < 4.78 is 35.9. The van der Waals surface area contributed by atoms with Crippen LogP contribution in [0.4, 0.5) is 13.2 Å². The summed E-state index contributed by atoms with van der Waals surface area (Å²) in [5, 5.41) is 8.35. The van der Waals surface area contributed by atoms with Crippen molar-refractivity contribution >= 4 is 11.8 Å². The monoisotopic (exact) mass is 227 g/mol. The molecule has 15 heavy (non-hydrogen) atoms. The second-order valence-electron chi connectivity index (χ2n) is 3.17. The number of hydrogen-bond acceptors (Lipinski definition) is 3. The molecule has 0 aromatic carbocycles. The molecule has 0 rings (SSSR count). The van der Waals surface area contributed by atoms with Gasteiger partial charge >= 0.3 is 12.1 Å². The second kappa shape index (κ2) is 5.69. The Labute approximate surface area is 84.7 Å². The van der Waals surface area contributed by atoms with Crippen LogP contribution in [-0.4, -0.2) is 47.6 Å². The van der Waals surface area contributed by atoms with E-state index in [-0.39, 0.29) is 18.7 Å². The average molecular weight is 227 g/mol. The largest absolute Gasteiger partial charge is 0.480 e. The van der Waals surface area contributed by atoms with E-state index in [0.717, 1.165) is 0 Å². The number of carboxylic acids is 1. The third kappa shape index (κ3) is 9.20. The highest BCUT2D eigenvalue weighted by molar-refractivity contribution is 5.75. The van der Waals surface area contributed by atoms with Gasteiger partial charge in [-0.15, -0.1) is 0 Å². The van der Waals surface area contributed by atoms with E-state index in [1.54, 1.807) is 0 Å². The van der Waals surface area contributed by atoms with Gasteiger partial charge in [0.1, 0.15) is 5.78 Å². The van der Waals surface area contributed by atoms with E-state index in [1.807, 2.05) is 0 Å². The number of hydrogen-bond donors (Lipinski definition) is 1. The lowest BCUT2D eigenvalue weighted by atomic mass is 10.3. The van der Waals surface area contributed by atoms with Gasteiger partial charge in [0.05, 0.1) is 13.1 Å². The number of carboxylic acid groups (broad SMARTS) is 1. The van der Waals surface area contributed by atoms with Gasteiger partial charge in [-0.3, -0.25) is 14.5 Å². The molecule has 0 aromatic heterocycles. The Balaban J connectivity index is 4.18. The molecule has 1 N–H and O–H groups in total. The zero-order valence-corrected chi connectivity index (χ0v) is 8.17. The van der Waals surface area contributed by atoms with Crippen molar-refractivity contribution in [2.45, 2.75) is 19.5 Å². The number of ketones is 1. The van der Waals surface area contributed by atoms with Crippen LogP contribution in [0.3, 0.4) is 0 Å². The van der Waals surface area contributed by atoms with E-state index < -0.39 is 25.2 Å². The van der Waals surface area contributed by atoms with E-state index >= 15 is 0 Å². The average Bonchev–Trinajstić information content (AvgIpc) is 1.95. The van der Waals surface area contributed by atoms with E-state index in [9.17, 15) is 22.8 Å². The van der Waals surface area contributed by atoms with Crippen molar-refractivity contribution in [3.05, 3.63) is 0 Å². The van der Waals surface area contributed by atoms with Crippen LogP contribution in [0, 0.1) is 0 Å². The van der Waals surface area contributed by atoms with Crippen molar-refractivity contribution in [3.8, 4) is 0 Å². The summed E-state index contributed by atoms with van der Waals surface area (Å²) in [5.41, 5.74) is 0. The topological polar surface area (TPSA) is 57.6 Å². The van der Waals surface area contributed by atoms with Crippen LogP contribution < -0.4 is 0 Å². The van der Waals surface area contributed by atoms with Crippen molar-refractivity contribution in [2.24, 2.45) is 0 Å². The minimum Gasteiger partial charge on any atom is -0.480 e. The molecule has 4 nitrogen and oxygen atoms in total. The first-order valence-corrected chi connectivity index (χ1v) is 4.21. The highest BCUT2D eigenvalue weighted by Crippen LogP contribution is 2.16. The number of Topliss-reactive ketones (excluding diaryl/α,β-unsaturated/α-hetero) is 1. The molecule has 0 spiro atoms. The predicted molar refractivity (Wildman–Crippen MR) is 45.4 cm³/mol. The molecule has 0 radical (unpaired) electrons. The minimum absolute atomic E-state index is 0.0800. The van der Waals surface area contributed by atoms with E-state index in [4.69, 9.17) is 5.11 Å². The van der Waals surface area contributed by atoms with Crippen LogP contribution in [0.15, 0.2) is 0 Å². The van der Waals surface area contributed by atoms with Gasteiger partial charge in [-0.05, 0) is 6.92 Å². The van der Waals surface area contributed by atoms with E-state index in [2.05, 4.69) is 0 Å². The third-order valence-electron chi connectivity index (χ3n) is 1.54. The number of halogens is 3. The van der Waals surface area contributed by atoms with Gasteiger partial charge in [0.25, 0.3) is 0 Å². The first-order valence-electron chi connectivity index (χ1n) is 4.21. The normalized spacial score (nSPS) is 11.8. The van der Waals surface area contributed by atoms with Gasteiger partial charge in [0, 0.05) is 13.0 Å². The molecule has 88 valence electrons. The molecule has 0 aliphatic carbocycles. The van der Waals surface area contributed by atoms with Crippen molar-refractivity contribution < 1.29 is 27.9 Å². The van der Waals surface area contributed by atoms with Crippen molar-refractivity contribution in [1.82, 2.24) is 4.90 Å². The van der Waals surface area contributed by atoms with Crippen molar-refractivity contribution in [2.75, 3.05) is 19.6 Å². The smallest absolute Gasteiger partial charge is 0.401 e. The van der Waals surface area contributed by atoms with Crippen LogP contribution in [0.1, 0.15) is 13.3 Å². The molecule has 0 unspecified atom stereocenters. The van der Waals surface area contributed by atoms with Crippen molar-refractivity contribution in [3.63, 3.8) is 0 Å². The summed E-state index contributed by atoms with van der Waals surface area (Å²) in [6.07, 6.45) is -4.53. The summed E-state index contributed by atoms with van der Waals surface area (Å²) >= 11 is 0. The summed E-state index contributed by atoms with van der Waals surface area (Å²) in [5.74, 6) is -1.62. The molecule has 0 fully saturated rings. The molecule has 0 bridgehead atoms. The number of aliphatic carboxylic acids is 1. The maximum Gasteiger partial charge on any atom is 0.401 e. The second-order valence-corrected chi connectivity index (χ2v) is 3.17. The quantitative estimate of drug-likeness (QED) is 0.732. The number of rotatable bonds is 6. The number of carbonyl (C=O) groups is 2. The first-order chi connectivity index (χ1) is 6.70. The lowest BCUT2D eigenvalue weighted by molar-refractivity contribution is -0.154. The fourth-order valence-corrected chi connectivity index (χ4v) is 0.974. The van der Waals surface area contributed by atoms with Crippen molar-refractivity contribution in [1.29, 1.82) is 0 Å². The third-order valence-corrected chi connectivity index (χ3v) is 1.54. The molecular formula is C8H12F3NO3. The predicted octanol–water partition coefficient (Wildman–Crippen LogP) is 0.914. The summed E-state index contributed by atoms with van der Waals surface area (Å²) in [6, 6.07) is 0. The Kier molecular flexibility index (Phi) is 5.27. The van der Waals surface area contributed by atoms with Crippen LogP contribution >= 0.6 is 0 Å². The lowest BCUT2D eigenvalue weighted by Gasteiger charge is -2.20. The van der Waals surface area contributed by atoms with Crippen LogP contribution in [-0.2, 0) is 9.59 Å². The van der Waals surface area contributed by atoms with Gasteiger partial charge in [-0.25, -0.2) is 0 Å². The van der Waals surface area contributed by atoms with E-state index in [0.29, 0.717) is 4.90 Å².